The normalized spacial score (nSPS) is 23.2. The topological polar surface area (TPSA) is 61.8 Å². The van der Waals surface area contributed by atoms with Crippen LogP contribution in [0.5, 0.6) is 0 Å². The molecule has 0 aliphatic carbocycles. The van der Waals surface area contributed by atoms with Crippen molar-refractivity contribution >= 4 is 18.4 Å². The first kappa shape index (κ1) is 18.6. The van der Waals surface area contributed by atoms with Gasteiger partial charge in [-0.05, 0) is 68.4 Å². The van der Waals surface area contributed by atoms with Gasteiger partial charge in [-0.25, -0.2) is 4.79 Å². The first-order valence-electron chi connectivity index (χ1n) is 8.99. The molecule has 25 heavy (non-hydrogen) atoms. The smallest absolute Gasteiger partial charge is 0.338 e. The molecule has 5 nitrogen and oxygen atoms in total. The number of esters is 1. The number of nitrogens with one attached hydrogen (secondary N) is 1. The molecular formula is C19H27ClN2O3. The highest BCUT2D eigenvalue weighted by molar-refractivity contribution is 5.93. The standard InChI is InChI=1S/C19H26N2O3.ClH/c1-13-14(2-3-15-16(13)11-24-18(15)23)17(22)10-21-8-5-19(6-9-21)4-7-20-12-19;/h2-3,17,20,22H,4-12H2,1H3;1H. The minimum absolute atomic E-state index is 0. The van der Waals surface area contributed by atoms with E-state index in [0.29, 0.717) is 24.1 Å². The molecule has 6 heteroatoms. The van der Waals surface area contributed by atoms with Gasteiger partial charge in [-0.3, -0.25) is 0 Å². The van der Waals surface area contributed by atoms with E-state index < -0.39 is 6.10 Å². The third kappa shape index (κ3) is 3.43. The van der Waals surface area contributed by atoms with Gasteiger partial charge in [0.15, 0.2) is 0 Å². The van der Waals surface area contributed by atoms with E-state index in [1.165, 1.54) is 19.3 Å². The van der Waals surface area contributed by atoms with E-state index in [9.17, 15) is 9.90 Å². The zero-order valence-corrected chi connectivity index (χ0v) is 15.5. The van der Waals surface area contributed by atoms with Gasteiger partial charge in [-0.15, -0.1) is 12.4 Å². The average Bonchev–Trinajstić information content (AvgIpc) is 3.18. The van der Waals surface area contributed by atoms with Crippen LogP contribution in [-0.2, 0) is 11.3 Å². The van der Waals surface area contributed by atoms with Crippen molar-refractivity contribution in [1.29, 1.82) is 0 Å². The molecule has 0 aromatic heterocycles. The molecule has 138 valence electrons. The molecule has 1 aromatic carbocycles. The van der Waals surface area contributed by atoms with Crippen LogP contribution in [0.15, 0.2) is 12.1 Å². The molecule has 2 fully saturated rings. The Hall–Kier alpha value is -1.14. The van der Waals surface area contributed by atoms with Gasteiger partial charge in [0, 0.05) is 18.7 Å². The molecule has 0 radical (unpaired) electrons. The van der Waals surface area contributed by atoms with Gasteiger partial charge in [0.05, 0.1) is 11.7 Å². The molecular weight excluding hydrogens is 340 g/mol. The van der Waals surface area contributed by atoms with Gasteiger partial charge < -0.3 is 20.1 Å². The fourth-order valence-corrected chi connectivity index (χ4v) is 4.50. The Kier molecular flexibility index (Phi) is 5.40. The highest BCUT2D eigenvalue weighted by atomic mass is 35.5. The number of ether oxygens (including phenoxy) is 1. The molecule has 2 saturated heterocycles. The molecule has 0 saturated carbocycles. The monoisotopic (exact) mass is 366 g/mol. The Morgan fingerprint density at radius 2 is 2.08 bits per heavy atom. The summed E-state index contributed by atoms with van der Waals surface area (Å²) < 4.78 is 5.11. The molecule has 2 N–H and O–H groups in total. The summed E-state index contributed by atoms with van der Waals surface area (Å²) >= 11 is 0. The van der Waals surface area contributed by atoms with E-state index in [0.717, 1.165) is 42.9 Å². The Balaban J connectivity index is 0.00000182. The molecule has 1 atom stereocenters. The second kappa shape index (κ2) is 7.23. The van der Waals surface area contributed by atoms with Crippen LogP contribution in [-0.4, -0.2) is 48.7 Å². The first-order chi connectivity index (χ1) is 11.6. The van der Waals surface area contributed by atoms with Gasteiger partial charge in [0.2, 0.25) is 0 Å². The summed E-state index contributed by atoms with van der Waals surface area (Å²) in [6.45, 7) is 7.40. The van der Waals surface area contributed by atoms with Crippen LogP contribution in [0.2, 0.25) is 0 Å². The Morgan fingerprint density at radius 1 is 1.32 bits per heavy atom. The molecule has 1 spiro atoms. The average molecular weight is 367 g/mol. The van der Waals surface area contributed by atoms with Crippen molar-refractivity contribution in [3.05, 3.63) is 34.4 Å². The second-order valence-corrected chi connectivity index (χ2v) is 7.63. The zero-order valence-electron chi connectivity index (χ0n) is 14.7. The van der Waals surface area contributed by atoms with E-state index in [4.69, 9.17) is 4.74 Å². The van der Waals surface area contributed by atoms with Crippen LogP contribution in [0.4, 0.5) is 0 Å². The van der Waals surface area contributed by atoms with Crippen molar-refractivity contribution in [2.75, 3.05) is 32.7 Å². The van der Waals surface area contributed by atoms with Crippen LogP contribution in [0.3, 0.4) is 0 Å². The first-order valence-corrected chi connectivity index (χ1v) is 8.99. The van der Waals surface area contributed by atoms with E-state index >= 15 is 0 Å². The Morgan fingerprint density at radius 3 is 2.76 bits per heavy atom. The van der Waals surface area contributed by atoms with Crippen molar-refractivity contribution in [1.82, 2.24) is 10.2 Å². The van der Waals surface area contributed by atoms with E-state index in [1.807, 2.05) is 13.0 Å². The van der Waals surface area contributed by atoms with Gasteiger partial charge in [-0.2, -0.15) is 0 Å². The Labute approximate surface area is 155 Å². The van der Waals surface area contributed by atoms with Crippen molar-refractivity contribution in [2.45, 2.75) is 38.9 Å². The molecule has 4 rings (SSSR count). The van der Waals surface area contributed by atoms with Gasteiger partial charge in [0.1, 0.15) is 6.61 Å². The fourth-order valence-electron chi connectivity index (χ4n) is 4.50. The molecule has 3 heterocycles. The number of rotatable bonds is 3. The summed E-state index contributed by atoms with van der Waals surface area (Å²) in [6, 6.07) is 3.68. The number of hydrogen-bond donors (Lipinski definition) is 2. The number of halogens is 1. The van der Waals surface area contributed by atoms with Gasteiger partial charge in [0.25, 0.3) is 0 Å². The molecule has 0 amide bonds. The maximum absolute atomic E-state index is 11.6. The van der Waals surface area contributed by atoms with E-state index in [2.05, 4.69) is 10.2 Å². The van der Waals surface area contributed by atoms with Gasteiger partial charge in [-0.1, -0.05) is 6.07 Å². The van der Waals surface area contributed by atoms with Crippen LogP contribution in [0.1, 0.15) is 52.4 Å². The van der Waals surface area contributed by atoms with Crippen LogP contribution < -0.4 is 5.32 Å². The van der Waals surface area contributed by atoms with E-state index in [-0.39, 0.29) is 18.4 Å². The zero-order chi connectivity index (χ0) is 16.7. The number of β-amino-alcohol motifs (C(OH)–C–C–N with tert-alkyl or cyclic N) is 1. The number of benzene rings is 1. The lowest BCUT2D eigenvalue weighted by Gasteiger charge is -2.39. The summed E-state index contributed by atoms with van der Waals surface area (Å²) in [6.07, 6.45) is 3.22. The lowest BCUT2D eigenvalue weighted by atomic mass is 9.78. The maximum Gasteiger partial charge on any atom is 0.338 e. The molecule has 1 unspecified atom stereocenters. The fraction of sp³-hybridized carbons (Fsp3) is 0.632. The number of likely N-dealkylation sites (tertiary alicyclic amines) is 1. The van der Waals surface area contributed by atoms with Crippen molar-refractivity contribution < 1.29 is 14.6 Å². The number of carbonyl (C=O) groups is 1. The quantitative estimate of drug-likeness (QED) is 0.803. The van der Waals surface area contributed by atoms with Crippen LogP contribution in [0.25, 0.3) is 0 Å². The van der Waals surface area contributed by atoms with E-state index in [1.54, 1.807) is 6.07 Å². The predicted molar refractivity (Wildman–Crippen MR) is 98.1 cm³/mol. The molecule has 0 bridgehead atoms. The highest BCUT2D eigenvalue weighted by Gasteiger charge is 2.37. The van der Waals surface area contributed by atoms with Crippen molar-refractivity contribution in [3.8, 4) is 0 Å². The summed E-state index contributed by atoms with van der Waals surface area (Å²) in [5.41, 5.74) is 4.01. The minimum Gasteiger partial charge on any atom is -0.457 e. The second-order valence-electron chi connectivity index (χ2n) is 7.63. The summed E-state index contributed by atoms with van der Waals surface area (Å²) in [5, 5.41) is 14.2. The predicted octanol–water partition coefficient (Wildman–Crippen LogP) is 2.20. The molecule has 3 aliphatic heterocycles. The summed E-state index contributed by atoms with van der Waals surface area (Å²) in [5.74, 6) is -0.249. The molecule has 3 aliphatic rings. The van der Waals surface area contributed by atoms with Crippen LogP contribution in [0, 0.1) is 12.3 Å². The Bertz CT molecular complexity index is 648. The number of hydrogen-bond acceptors (Lipinski definition) is 5. The third-order valence-corrected chi connectivity index (χ3v) is 6.25. The number of nitrogens with zero attached hydrogens (tertiary/aromatic N) is 1. The lowest BCUT2D eigenvalue weighted by molar-refractivity contribution is 0.0534. The van der Waals surface area contributed by atoms with Crippen molar-refractivity contribution in [3.63, 3.8) is 0 Å². The number of cyclic esters (lactones) is 1. The number of fused-ring (bicyclic) bond motifs is 1. The maximum atomic E-state index is 11.6. The summed E-state index contributed by atoms with van der Waals surface area (Å²) in [7, 11) is 0. The van der Waals surface area contributed by atoms with Crippen LogP contribution >= 0.6 is 12.4 Å². The SMILES string of the molecule is Cc1c(C(O)CN2CCC3(CCNC3)CC2)ccc2c1COC2=O.Cl. The number of aliphatic hydroxyl groups excluding tert-OH is 1. The van der Waals surface area contributed by atoms with Gasteiger partial charge >= 0.3 is 5.97 Å². The minimum atomic E-state index is -0.512. The number of carbonyl (C=O) groups excluding carboxylic acids is 1. The number of aliphatic hydroxyl groups is 1. The van der Waals surface area contributed by atoms with Crippen molar-refractivity contribution in [2.24, 2.45) is 5.41 Å². The summed E-state index contributed by atoms with van der Waals surface area (Å²) in [4.78, 5) is 14.0. The lowest BCUT2D eigenvalue weighted by Crippen LogP contribution is -2.42. The molecule has 1 aromatic rings. The highest BCUT2D eigenvalue weighted by Crippen LogP contribution is 2.37. The largest absolute Gasteiger partial charge is 0.457 e. The number of piperidine rings is 1. The third-order valence-electron chi connectivity index (χ3n) is 6.25.